The van der Waals surface area contributed by atoms with E-state index >= 15 is 0 Å². The molecule has 6 nitrogen and oxygen atoms in total. The highest BCUT2D eigenvalue weighted by Crippen LogP contribution is 2.31. The number of hydrogen-bond donors (Lipinski definition) is 2. The Bertz CT molecular complexity index is 1170. The van der Waals surface area contributed by atoms with E-state index < -0.39 is 0 Å². The number of carbonyl (C=O) groups excluding carboxylic acids is 2. The van der Waals surface area contributed by atoms with Crippen molar-refractivity contribution in [3.63, 3.8) is 0 Å². The van der Waals surface area contributed by atoms with Crippen molar-refractivity contribution in [3.8, 4) is 5.75 Å². The van der Waals surface area contributed by atoms with Gasteiger partial charge in [-0.3, -0.25) is 9.59 Å². The van der Waals surface area contributed by atoms with Gasteiger partial charge >= 0.3 is 0 Å². The summed E-state index contributed by atoms with van der Waals surface area (Å²) in [6.07, 6.45) is 6.08. The van der Waals surface area contributed by atoms with Crippen molar-refractivity contribution < 1.29 is 18.7 Å². The Morgan fingerprint density at radius 3 is 2.63 bits per heavy atom. The van der Waals surface area contributed by atoms with Gasteiger partial charge < -0.3 is 19.8 Å². The molecule has 0 atom stereocenters. The maximum Gasteiger partial charge on any atom is 0.291 e. The SMILES string of the molecule is Cc1cc(C)cc(NC(=O)/C=C/c2coc(/C=C3\Oc4ccccc4NC3=O)c2)c1. The van der Waals surface area contributed by atoms with E-state index in [9.17, 15) is 9.59 Å². The van der Waals surface area contributed by atoms with Gasteiger partial charge in [0.2, 0.25) is 5.91 Å². The van der Waals surface area contributed by atoms with Crippen LogP contribution in [0.15, 0.2) is 71.0 Å². The van der Waals surface area contributed by atoms with E-state index in [1.54, 1.807) is 24.3 Å². The number of ether oxygens (including phenoxy) is 1. The molecule has 2 amide bonds. The molecule has 30 heavy (non-hydrogen) atoms. The van der Waals surface area contributed by atoms with Crippen LogP contribution in [0, 0.1) is 13.8 Å². The van der Waals surface area contributed by atoms with Gasteiger partial charge in [0, 0.05) is 23.4 Å². The Balaban J connectivity index is 1.43. The predicted molar refractivity (Wildman–Crippen MR) is 116 cm³/mol. The molecule has 0 saturated heterocycles. The van der Waals surface area contributed by atoms with Crippen molar-refractivity contribution in [2.75, 3.05) is 10.6 Å². The Kier molecular flexibility index (Phi) is 5.22. The molecule has 0 fully saturated rings. The van der Waals surface area contributed by atoms with E-state index in [2.05, 4.69) is 10.6 Å². The summed E-state index contributed by atoms with van der Waals surface area (Å²) >= 11 is 0. The molecule has 150 valence electrons. The quantitative estimate of drug-likeness (QED) is 0.609. The zero-order valence-electron chi connectivity index (χ0n) is 16.6. The minimum atomic E-state index is -0.352. The second-order valence-corrected chi connectivity index (χ2v) is 7.04. The molecule has 0 bridgehead atoms. The third-order valence-electron chi connectivity index (χ3n) is 4.41. The van der Waals surface area contributed by atoms with Gasteiger partial charge in [-0.15, -0.1) is 0 Å². The van der Waals surface area contributed by atoms with Crippen molar-refractivity contribution in [2.45, 2.75) is 13.8 Å². The molecule has 4 rings (SSSR count). The molecule has 1 aromatic heterocycles. The van der Waals surface area contributed by atoms with Gasteiger partial charge in [-0.05, 0) is 61.4 Å². The van der Waals surface area contributed by atoms with E-state index in [0.29, 0.717) is 22.8 Å². The predicted octanol–water partition coefficient (Wildman–Crippen LogP) is 4.92. The zero-order valence-corrected chi connectivity index (χ0v) is 16.6. The summed E-state index contributed by atoms with van der Waals surface area (Å²) < 4.78 is 11.1. The summed E-state index contributed by atoms with van der Waals surface area (Å²) in [6, 6.07) is 14.8. The van der Waals surface area contributed by atoms with Gasteiger partial charge in [0.1, 0.15) is 5.76 Å². The number of amides is 2. The van der Waals surface area contributed by atoms with Gasteiger partial charge in [-0.2, -0.15) is 0 Å². The summed E-state index contributed by atoms with van der Waals surface area (Å²) in [5, 5.41) is 5.61. The van der Waals surface area contributed by atoms with Crippen LogP contribution < -0.4 is 15.4 Å². The highest BCUT2D eigenvalue weighted by molar-refractivity contribution is 6.08. The molecule has 2 N–H and O–H groups in total. The van der Waals surface area contributed by atoms with Crippen molar-refractivity contribution in [2.24, 2.45) is 0 Å². The van der Waals surface area contributed by atoms with Crippen LogP contribution in [-0.4, -0.2) is 11.8 Å². The lowest BCUT2D eigenvalue weighted by Crippen LogP contribution is -2.23. The van der Waals surface area contributed by atoms with E-state index in [4.69, 9.17) is 9.15 Å². The summed E-state index contributed by atoms with van der Waals surface area (Å²) in [4.78, 5) is 24.4. The number of benzene rings is 2. The fourth-order valence-corrected chi connectivity index (χ4v) is 3.17. The minimum Gasteiger partial charge on any atom is -0.464 e. The number of aryl methyl sites for hydroxylation is 2. The van der Waals surface area contributed by atoms with Crippen molar-refractivity contribution in [3.05, 3.63) is 89.1 Å². The smallest absolute Gasteiger partial charge is 0.291 e. The summed E-state index contributed by atoms with van der Waals surface area (Å²) in [7, 11) is 0. The Hall–Kier alpha value is -4.06. The second kappa shape index (κ2) is 8.13. The molecule has 6 heteroatoms. The molecule has 2 heterocycles. The van der Waals surface area contributed by atoms with E-state index in [-0.39, 0.29) is 17.6 Å². The van der Waals surface area contributed by atoms with Gasteiger partial charge in [-0.1, -0.05) is 18.2 Å². The summed E-state index contributed by atoms with van der Waals surface area (Å²) in [6.45, 7) is 3.96. The Morgan fingerprint density at radius 1 is 1.07 bits per heavy atom. The Morgan fingerprint density at radius 2 is 1.83 bits per heavy atom. The first kappa shape index (κ1) is 19.3. The topological polar surface area (TPSA) is 80.6 Å². The monoisotopic (exact) mass is 400 g/mol. The number of rotatable bonds is 4. The van der Waals surface area contributed by atoms with Crippen LogP contribution >= 0.6 is 0 Å². The van der Waals surface area contributed by atoms with E-state index in [0.717, 1.165) is 16.8 Å². The Labute approximate surface area is 173 Å². The first-order valence-electron chi connectivity index (χ1n) is 9.42. The average Bonchev–Trinajstić information content (AvgIpc) is 3.13. The molecule has 1 aliphatic heterocycles. The normalized spacial score (nSPS) is 14.3. The molecular weight excluding hydrogens is 380 g/mol. The summed E-state index contributed by atoms with van der Waals surface area (Å²) in [5.41, 5.74) is 4.23. The molecular formula is C24H20N2O4. The summed E-state index contributed by atoms with van der Waals surface area (Å²) in [5.74, 6) is 0.542. The number of anilines is 2. The van der Waals surface area contributed by atoms with Crippen LogP contribution in [0.1, 0.15) is 22.5 Å². The lowest BCUT2D eigenvalue weighted by atomic mass is 10.1. The first-order valence-corrected chi connectivity index (χ1v) is 9.42. The standard InChI is InChI=1S/C24H20N2O4/c1-15-9-16(2)11-18(10-15)25-23(27)8-7-17-12-19(29-14-17)13-22-24(28)26-20-5-3-4-6-21(20)30-22/h3-14H,1-2H3,(H,25,27)(H,26,28)/b8-7+,22-13-. The molecule has 2 aromatic carbocycles. The fourth-order valence-electron chi connectivity index (χ4n) is 3.17. The van der Waals surface area contributed by atoms with Gasteiger partial charge in [0.05, 0.1) is 12.0 Å². The molecule has 0 saturated carbocycles. The van der Waals surface area contributed by atoms with Crippen LogP contribution in [0.25, 0.3) is 12.2 Å². The van der Waals surface area contributed by atoms with Crippen molar-refractivity contribution in [1.82, 2.24) is 0 Å². The molecule has 1 aliphatic rings. The second-order valence-electron chi connectivity index (χ2n) is 7.04. The van der Waals surface area contributed by atoms with E-state index in [1.165, 1.54) is 18.4 Å². The van der Waals surface area contributed by atoms with Gasteiger partial charge in [0.25, 0.3) is 5.91 Å². The van der Waals surface area contributed by atoms with Crippen LogP contribution in [-0.2, 0) is 9.59 Å². The number of para-hydroxylation sites is 2. The lowest BCUT2D eigenvalue weighted by molar-refractivity contribution is -0.115. The number of fused-ring (bicyclic) bond motifs is 1. The van der Waals surface area contributed by atoms with Crippen molar-refractivity contribution >= 4 is 35.3 Å². The zero-order chi connectivity index (χ0) is 21.1. The van der Waals surface area contributed by atoms with Crippen LogP contribution in [0.4, 0.5) is 11.4 Å². The molecule has 0 aliphatic carbocycles. The average molecular weight is 400 g/mol. The highest BCUT2D eigenvalue weighted by atomic mass is 16.5. The van der Waals surface area contributed by atoms with Crippen LogP contribution in [0.2, 0.25) is 0 Å². The van der Waals surface area contributed by atoms with Crippen LogP contribution in [0.3, 0.4) is 0 Å². The maximum absolute atomic E-state index is 12.2. The molecule has 3 aromatic rings. The lowest BCUT2D eigenvalue weighted by Gasteiger charge is -2.19. The number of hydrogen-bond acceptors (Lipinski definition) is 4. The van der Waals surface area contributed by atoms with Crippen molar-refractivity contribution in [1.29, 1.82) is 0 Å². The number of furan rings is 1. The first-order chi connectivity index (χ1) is 14.5. The third kappa shape index (κ3) is 4.50. The molecule has 0 radical (unpaired) electrons. The third-order valence-corrected chi connectivity index (χ3v) is 4.41. The minimum absolute atomic E-state index is 0.131. The fraction of sp³-hybridized carbons (Fsp3) is 0.0833. The number of carbonyl (C=O) groups is 2. The number of nitrogens with one attached hydrogen (secondary N) is 2. The van der Waals surface area contributed by atoms with Gasteiger partial charge in [-0.25, -0.2) is 0 Å². The molecule has 0 unspecified atom stereocenters. The highest BCUT2D eigenvalue weighted by Gasteiger charge is 2.21. The van der Waals surface area contributed by atoms with Crippen LogP contribution in [0.5, 0.6) is 5.75 Å². The van der Waals surface area contributed by atoms with Gasteiger partial charge in [0.15, 0.2) is 11.5 Å². The largest absolute Gasteiger partial charge is 0.464 e. The molecule has 0 spiro atoms. The maximum atomic E-state index is 12.2. The van der Waals surface area contributed by atoms with E-state index in [1.807, 2.05) is 44.2 Å².